The van der Waals surface area contributed by atoms with Crippen molar-refractivity contribution in [3.8, 4) is 0 Å². The molecule has 2 amide bonds. The van der Waals surface area contributed by atoms with Crippen molar-refractivity contribution in [3.05, 3.63) is 93.4 Å². The Kier molecular flexibility index (Phi) is 9.88. The summed E-state index contributed by atoms with van der Waals surface area (Å²) >= 11 is 2.68. The number of anilines is 1. The first-order chi connectivity index (χ1) is 20.8. The molecule has 1 aliphatic rings. The maximum atomic E-state index is 13.6. The molecule has 43 heavy (non-hydrogen) atoms. The van der Waals surface area contributed by atoms with Gasteiger partial charge < -0.3 is 19.9 Å². The molecule has 2 heterocycles. The summed E-state index contributed by atoms with van der Waals surface area (Å²) in [4.78, 5) is 39.9. The summed E-state index contributed by atoms with van der Waals surface area (Å²) in [6.07, 6.45) is 3.35. The fourth-order valence-electron chi connectivity index (χ4n) is 4.87. The summed E-state index contributed by atoms with van der Waals surface area (Å²) in [5.74, 6) is -1.10. The smallest absolute Gasteiger partial charge is 0.341 e. The molecule has 0 radical (unpaired) electrons. The van der Waals surface area contributed by atoms with Crippen LogP contribution in [0.25, 0.3) is 0 Å². The molecule has 2 aromatic carbocycles. The largest absolute Gasteiger partial charge is 0.462 e. The van der Waals surface area contributed by atoms with E-state index in [-0.39, 0.29) is 24.6 Å². The highest BCUT2D eigenvalue weighted by molar-refractivity contribution is 8.00. The summed E-state index contributed by atoms with van der Waals surface area (Å²) in [6.45, 7) is 4.38. The van der Waals surface area contributed by atoms with Crippen LogP contribution in [0.1, 0.15) is 62.8 Å². The van der Waals surface area contributed by atoms with Gasteiger partial charge in [-0.1, -0.05) is 48.2 Å². The molecule has 0 fully saturated rings. The SMILES string of the molecule is CCOC(=O)c1c(NC(=O)[C@H](C)Sc2nnc(CNC(=O)c3cccc(F)c3)n2CCc2ccccc2)sc2c1CCC2. The minimum Gasteiger partial charge on any atom is -0.462 e. The number of esters is 1. The Bertz CT molecular complexity index is 1620. The molecule has 0 bridgehead atoms. The normalized spacial score (nSPS) is 12.9. The number of aryl methyl sites for hydroxylation is 2. The van der Waals surface area contributed by atoms with Gasteiger partial charge in [-0.3, -0.25) is 9.59 Å². The Labute approximate surface area is 257 Å². The van der Waals surface area contributed by atoms with E-state index in [0.717, 1.165) is 35.3 Å². The van der Waals surface area contributed by atoms with E-state index in [1.54, 1.807) is 13.8 Å². The van der Waals surface area contributed by atoms with E-state index in [4.69, 9.17) is 4.74 Å². The van der Waals surface area contributed by atoms with Crippen molar-refractivity contribution in [2.75, 3.05) is 11.9 Å². The van der Waals surface area contributed by atoms with E-state index >= 15 is 0 Å². The van der Waals surface area contributed by atoms with Gasteiger partial charge in [-0.2, -0.15) is 0 Å². The van der Waals surface area contributed by atoms with Gasteiger partial charge in [0.1, 0.15) is 10.8 Å². The van der Waals surface area contributed by atoms with Crippen LogP contribution in [0.2, 0.25) is 0 Å². The lowest BCUT2D eigenvalue weighted by molar-refractivity contribution is -0.115. The van der Waals surface area contributed by atoms with Crippen LogP contribution in [0, 0.1) is 5.82 Å². The fraction of sp³-hybridized carbons (Fsp3) is 0.323. The molecule has 224 valence electrons. The van der Waals surface area contributed by atoms with E-state index in [9.17, 15) is 18.8 Å². The predicted octanol–water partition coefficient (Wildman–Crippen LogP) is 5.44. The number of nitrogens with one attached hydrogen (secondary N) is 2. The standard InChI is InChI=1S/C31H32FN5O4S2/c1-3-41-30(40)26-23-13-8-14-24(23)43-29(26)34-27(38)19(2)42-31-36-35-25(37(31)16-15-20-9-5-4-6-10-20)18-33-28(39)21-11-7-12-22(32)17-21/h4-7,9-12,17,19H,3,8,13-16,18H2,1-2H3,(H,33,39)(H,34,38)/t19-/m0/s1. The molecular weight excluding hydrogens is 590 g/mol. The molecule has 4 aromatic rings. The minimum absolute atomic E-state index is 0.0714. The van der Waals surface area contributed by atoms with Gasteiger partial charge >= 0.3 is 5.97 Å². The molecule has 0 saturated heterocycles. The Balaban J connectivity index is 1.31. The molecule has 0 unspecified atom stereocenters. The van der Waals surface area contributed by atoms with Gasteiger partial charge in [0.15, 0.2) is 11.0 Å². The van der Waals surface area contributed by atoms with Gasteiger partial charge in [-0.25, -0.2) is 9.18 Å². The number of halogens is 1. The molecule has 0 spiro atoms. The number of hydrogen-bond donors (Lipinski definition) is 2. The molecular formula is C31H32FN5O4S2. The van der Waals surface area contributed by atoms with Crippen LogP contribution < -0.4 is 10.6 Å². The summed E-state index contributed by atoms with van der Waals surface area (Å²) in [7, 11) is 0. The number of benzene rings is 2. The molecule has 12 heteroatoms. The number of thioether (sulfide) groups is 1. The van der Waals surface area contributed by atoms with Crippen molar-refractivity contribution >= 4 is 45.9 Å². The zero-order valence-corrected chi connectivity index (χ0v) is 25.5. The summed E-state index contributed by atoms with van der Waals surface area (Å²) < 4.78 is 20.8. The second-order valence-electron chi connectivity index (χ2n) is 10.0. The third-order valence-corrected chi connectivity index (χ3v) is 9.33. The average Bonchev–Trinajstić information content (AvgIpc) is 3.70. The number of ether oxygens (including phenoxy) is 1. The number of nitrogens with zero attached hydrogens (tertiary/aromatic N) is 3. The number of rotatable bonds is 12. The highest BCUT2D eigenvalue weighted by Crippen LogP contribution is 2.40. The van der Waals surface area contributed by atoms with Crippen molar-refractivity contribution in [3.63, 3.8) is 0 Å². The predicted molar refractivity (Wildman–Crippen MR) is 164 cm³/mol. The van der Waals surface area contributed by atoms with E-state index in [0.29, 0.717) is 34.5 Å². The molecule has 9 nitrogen and oxygen atoms in total. The van der Waals surface area contributed by atoms with Crippen LogP contribution in [0.3, 0.4) is 0 Å². The van der Waals surface area contributed by atoms with Gasteiger partial charge in [0.2, 0.25) is 5.91 Å². The fourth-order valence-corrected chi connectivity index (χ4v) is 7.05. The molecule has 0 aliphatic heterocycles. The molecule has 5 rings (SSSR count). The second kappa shape index (κ2) is 14.0. The Morgan fingerprint density at radius 1 is 1.12 bits per heavy atom. The monoisotopic (exact) mass is 621 g/mol. The van der Waals surface area contributed by atoms with Crippen LogP contribution in [0.15, 0.2) is 59.8 Å². The zero-order valence-electron chi connectivity index (χ0n) is 23.9. The van der Waals surface area contributed by atoms with Gasteiger partial charge in [-0.05, 0) is 68.9 Å². The number of thiophene rings is 1. The number of amides is 2. The maximum absolute atomic E-state index is 13.6. The van der Waals surface area contributed by atoms with Crippen molar-refractivity contribution in [2.45, 2.75) is 63.0 Å². The highest BCUT2D eigenvalue weighted by Gasteiger charge is 2.30. The molecule has 2 N–H and O–H groups in total. The van der Waals surface area contributed by atoms with E-state index in [1.165, 1.54) is 47.4 Å². The molecule has 0 saturated carbocycles. The van der Waals surface area contributed by atoms with Crippen molar-refractivity contribution < 1.29 is 23.5 Å². The van der Waals surface area contributed by atoms with Crippen LogP contribution >= 0.6 is 23.1 Å². The third-order valence-electron chi connectivity index (χ3n) is 7.04. The van der Waals surface area contributed by atoms with Crippen molar-refractivity contribution in [1.29, 1.82) is 0 Å². The number of carbonyl (C=O) groups is 3. The third kappa shape index (κ3) is 7.31. The quantitative estimate of drug-likeness (QED) is 0.160. The summed E-state index contributed by atoms with van der Waals surface area (Å²) in [5, 5.41) is 14.9. The van der Waals surface area contributed by atoms with Crippen LogP contribution in [0.4, 0.5) is 9.39 Å². The summed E-state index contributed by atoms with van der Waals surface area (Å²) in [6, 6.07) is 15.4. The van der Waals surface area contributed by atoms with Crippen molar-refractivity contribution in [2.24, 2.45) is 0 Å². The molecule has 1 aliphatic carbocycles. The van der Waals surface area contributed by atoms with E-state index in [2.05, 4.69) is 20.8 Å². The van der Waals surface area contributed by atoms with Crippen LogP contribution in [-0.4, -0.2) is 44.4 Å². The number of carbonyl (C=O) groups excluding carboxylic acids is 3. The lowest BCUT2D eigenvalue weighted by Gasteiger charge is -2.14. The zero-order chi connectivity index (χ0) is 30.3. The first kappa shape index (κ1) is 30.4. The van der Waals surface area contributed by atoms with Gasteiger partial charge in [-0.15, -0.1) is 21.5 Å². The Morgan fingerprint density at radius 2 is 1.93 bits per heavy atom. The average molecular weight is 622 g/mol. The van der Waals surface area contributed by atoms with E-state index < -0.39 is 22.9 Å². The second-order valence-corrected chi connectivity index (χ2v) is 12.4. The van der Waals surface area contributed by atoms with Crippen molar-refractivity contribution in [1.82, 2.24) is 20.1 Å². The molecule has 1 atom stereocenters. The summed E-state index contributed by atoms with van der Waals surface area (Å²) in [5.41, 5.74) is 2.76. The van der Waals surface area contributed by atoms with Crippen LogP contribution in [0.5, 0.6) is 0 Å². The Morgan fingerprint density at radius 3 is 2.70 bits per heavy atom. The topological polar surface area (TPSA) is 115 Å². The number of hydrogen-bond acceptors (Lipinski definition) is 8. The van der Waals surface area contributed by atoms with Gasteiger partial charge in [0, 0.05) is 17.0 Å². The molecule has 2 aromatic heterocycles. The lowest BCUT2D eigenvalue weighted by atomic mass is 10.1. The van der Waals surface area contributed by atoms with Gasteiger partial charge in [0.25, 0.3) is 5.91 Å². The highest BCUT2D eigenvalue weighted by atomic mass is 32.2. The number of fused-ring (bicyclic) bond motifs is 1. The van der Waals surface area contributed by atoms with Gasteiger partial charge in [0.05, 0.1) is 24.0 Å². The van der Waals surface area contributed by atoms with Crippen LogP contribution in [-0.2, 0) is 41.9 Å². The van der Waals surface area contributed by atoms with E-state index in [1.807, 2.05) is 34.9 Å². The Hall–Kier alpha value is -4.03. The minimum atomic E-state index is -0.568. The first-order valence-corrected chi connectivity index (χ1v) is 15.8. The lowest BCUT2D eigenvalue weighted by Crippen LogP contribution is -2.26. The maximum Gasteiger partial charge on any atom is 0.341 e. The first-order valence-electron chi connectivity index (χ1n) is 14.1. The number of aromatic nitrogens is 3.